The molecule has 0 saturated heterocycles. The van der Waals surface area contributed by atoms with Crippen molar-refractivity contribution >= 4 is 29.0 Å². The van der Waals surface area contributed by atoms with Crippen molar-refractivity contribution < 1.29 is 0 Å². The molecule has 1 aliphatic rings. The second-order valence-corrected chi connectivity index (χ2v) is 4.54. The predicted molar refractivity (Wildman–Crippen MR) is 58.3 cm³/mol. The van der Waals surface area contributed by atoms with Crippen LogP contribution >= 0.6 is 23.2 Å². The number of amidine groups is 1. The fourth-order valence-corrected chi connectivity index (χ4v) is 1.77. The molecule has 0 radical (unpaired) electrons. The summed E-state index contributed by atoms with van der Waals surface area (Å²) in [6, 6.07) is 9.57. The third-order valence-corrected chi connectivity index (χ3v) is 2.34. The fraction of sp³-hybridized carbons (Fsp3) is 0.222. The number of nitrogens with two attached hydrogens (primary N) is 1. The molecule has 0 unspecified atom stereocenters. The third-order valence-electron chi connectivity index (χ3n) is 1.93. The Labute approximate surface area is 92.1 Å². The van der Waals surface area contributed by atoms with Gasteiger partial charge in [0.05, 0.1) is 6.54 Å². The lowest BCUT2D eigenvalue weighted by atomic mass is 10.2. The summed E-state index contributed by atoms with van der Waals surface area (Å²) in [5.74, 6) is 6.34. The number of hydrogen-bond donors (Lipinski definition) is 1. The van der Waals surface area contributed by atoms with Crippen LogP contribution in [0.1, 0.15) is 5.56 Å². The highest BCUT2D eigenvalue weighted by molar-refractivity contribution is 6.49. The zero-order chi connectivity index (χ0) is 10.2. The Balaban J connectivity index is 2.36. The summed E-state index contributed by atoms with van der Waals surface area (Å²) >= 11 is 11.7. The molecule has 0 fully saturated rings. The molecular weight excluding hydrogens is 221 g/mol. The number of benzene rings is 1. The van der Waals surface area contributed by atoms with Gasteiger partial charge < -0.3 is 0 Å². The molecule has 14 heavy (non-hydrogen) atoms. The van der Waals surface area contributed by atoms with Gasteiger partial charge in [0.2, 0.25) is 4.46 Å². The zero-order valence-corrected chi connectivity index (χ0v) is 8.83. The van der Waals surface area contributed by atoms with Gasteiger partial charge in [0, 0.05) is 5.56 Å². The molecule has 0 aromatic heterocycles. The van der Waals surface area contributed by atoms with E-state index in [4.69, 9.17) is 29.0 Å². The van der Waals surface area contributed by atoms with Crippen LogP contribution in [0.5, 0.6) is 0 Å². The second-order valence-electron chi connectivity index (χ2n) is 3.10. The average Bonchev–Trinajstić information content (AvgIpc) is 2.41. The largest absolute Gasteiger partial charge is 0.290 e. The highest BCUT2D eigenvalue weighted by Crippen LogP contribution is 2.29. The Kier molecular flexibility index (Phi) is 2.39. The number of alkyl halides is 2. The van der Waals surface area contributed by atoms with Gasteiger partial charge in [-0.25, -0.2) is 10.8 Å². The molecule has 0 saturated carbocycles. The van der Waals surface area contributed by atoms with E-state index in [1.807, 2.05) is 30.3 Å². The first-order valence-electron chi connectivity index (χ1n) is 4.14. The van der Waals surface area contributed by atoms with Crippen molar-refractivity contribution in [2.24, 2.45) is 10.8 Å². The van der Waals surface area contributed by atoms with Crippen LogP contribution in [0, 0.1) is 0 Å². The van der Waals surface area contributed by atoms with E-state index in [0.29, 0.717) is 12.4 Å². The Morgan fingerprint density at radius 3 is 2.43 bits per heavy atom. The van der Waals surface area contributed by atoms with Gasteiger partial charge in [-0.3, -0.25) is 5.01 Å². The summed E-state index contributed by atoms with van der Waals surface area (Å²) < 4.78 is -1.13. The maximum atomic E-state index is 5.86. The molecule has 0 bridgehead atoms. The minimum Gasteiger partial charge on any atom is -0.290 e. The van der Waals surface area contributed by atoms with E-state index in [-0.39, 0.29) is 0 Å². The normalized spacial score (nSPS) is 19.6. The molecule has 0 atom stereocenters. The van der Waals surface area contributed by atoms with Crippen molar-refractivity contribution in [1.82, 2.24) is 5.01 Å². The molecule has 3 nitrogen and oxygen atoms in total. The highest BCUT2D eigenvalue weighted by Gasteiger charge is 2.34. The molecule has 74 valence electrons. The summed E-state index contributed by atoms with van der Waals surface area (Å²) in [6.45, 7) is 0.306. The lowest BCUT2D eigenvalue weighted by Gasteiger charge is -2.13. The maximum Gasteiger partial charge on any atom is 0.228 e. The molecule has 2 N–H and O–H groups in total. The van der Waals surface area contributed by atoms with Gasteiger partial charge in [0.1, 0.15) is 5.84 Å². The van der Waals surface area contributed by atoms with Crippen LogP contribution in [-0.2, 0) is 0 Å². The van der Waals surface area contributed by atoms with Crippen molar-refractivity contribution in [2.45, 2.75) is 4.46 Å². The van der Waals surface area contributed by atoms with Gasteiger partial charge in [0.25, 0.3) is 0 Å². The summed E-state index contributed by atoms with van der Waals surface area (Å²) in [6.07, 6.45) is 0. The summed E-state index contributed by atoms with van der Waals surface area (Å²) in [5, 5.41) is 1.45. The second kappa shape index (κ2) is 3.42. The van der Waals surface area contributed by atoms with Crippen molar-refractivity contribution in [3.05, 3.63) is 35.9 Å². The van der Waals surface area contributed by atoms with E-state index in [1.165, 1.54) is 5.01 Å². The minimum absolute atomic E-state index is 0.306. The number of halogens is 2. The topological polar surface area (TPSA) is 41.6 Å². The van der Waals surface area contributed by atoms with Gasteiger partial charge in [-0.05, 0) is 0 Å². The number of nitrogens with zero attached hydrogens (tertiary/aromatic N) is 2. The van der Waals surface area contributed by atoms with E-state index >= 15 is 0 Å². The lowest BCUT2D eigenvalue weighted by Crippen LogP contribution is -2.37. The van der Waals surface area contributed by atoms with Crippen LogP contribution in [-0.4, -0.2) is 21.8 Å². The highest BCUT2D eigenvalue weighted by atomic mass is 35.5. The van der Waals surface area contributed by atoms with Gasteiger partial charge in [0.15, 0.2) is 0 Å². The van der Waals surface area contributed by atoms with Gasteiger partial charge in [-0.1, -0.05) is 53.5 Å². The van der Waals surface area contributed by atoms with Crippen LogP contribution in [0.15, 0.2) is 35.3 Å². The van der Waals surface area contributed by atoms with E-state index < -0.39 is 4.46 Å². The first-order valence-corrected chi connectivity index (χ1v) is 4.89. The third kappa shape index (κ3) is 1.85. The van der Waals surface area contributed by atoms with Crippen molar-refractivity contribution in [2.75, 3.05) is 6.54 Å². The smallest absolute Gasteiger partial charge is 0.228 e. The summed E-state index contributed by atoms with van der Waals surface area (Å²) in [5.41, 5.74) is 0.915. The van der Waals surface area contributed by atoms with Gasteiger partial charge in [-0.2, -0.15) is 0 Å². The van der Waals surface area contributed by atoms with Gasteiger partial charge in [-0.15, -0.1) is 0 Å². The molecule has 1 aromatic carbocycles. The van der Waals surface area contributed by atoms with E-state index in [0.717, 1.165) is 5.56 Å². The first-order chi connectivity index (χ1) is 6.58. The number of hydrazine groups is 1. The molecule has 0 aliphatic carbocycles. The van der Waals surface area contributed by atoms with Gasteiger partial charge >= 0.3 is 0 Å². The molecule has 5 heteroatoms. The monoisotopic (exact) mass is 229 g/mol. The average molecular weight is 230 g/mol. The van der Waals surface area contributed by atoms with Crippen LogP contribution in [0.25, 0.3) is 0 Å². The van der Waals surface area contributed by atoms with E-state index in [2.05, 4.69) is 4.99 Å². The van der Waals surface area contributed by atoms with Crippen LogP contribution in [0.4, 0.5) is 0 Å². The van der Waals surface area contributed by atoms with E-state index in [9.17, 15) is 0 Å². The number of hydrogen-bond acceptors (Lipinski definition) is 3. The first kappa shape index (κ1) is 9.77. The molecule has 1 aromatic rings. The SMILES string of the molecule is NN1CC(Cl)(Cl)N=C1c1ccccc1. The Bertz CT molecular complexity index is 362. The molecule has 1 aliphatic heterocycles. The fourth-order valence-electron chi connectivity index (χ4n) is 1.35. The predicted octanol–water partition coefficient (Wildman–Crippen LogP) is 1.75. The van der Waals surface area contributed by atoms with Crippen molar-refractivity contribution in [3.8, 4) is 0 Å². The lowest BCUT2D eigenvalue weighted by molar-refractivity contribution is 0.463. The van der Waals surface area contributed by atoms with Crippen molar-refractivity contribution in [3.63, 3.8) is 0 Å². The minimum atomic E-state index is -1.13. The Morgan fingerprint density at radius 1 is 1.29 bits per heavy atom. The number of aliphatic imine (C=N–C) groups is 1. The molecule has 1 heterocycles. The molecule has 0 amide bonds. The van der Waals surface area contributed by atoms with Crippen LogP contribution < -0.4 is 5.84 Å². The molecule has 2 rings (SSSR count). The Hall–Kier alpha value is -0.770. The van der Waals surface area contributed by atoms with E-state index in [1.54, 1.807) is 0 Å². The molecule has 0 spiro atoms. The zero-order valence-electron chi connectivity index (χ0n) is 7.32. The summed E-state index contributed by atoms with van der Waals surface area (Å²) in [7, 11) is 0. The van der Waals surface area contributed by atoms with Crippen molar-refractivity contribution in [1.29, 1.82) is 0 Å². The maximum absolute atomic E-state index is 5.86. The quantitative estimate of drug-likeness (QED) is 0.453. The van der Waals surface area contributed by atoms with Crippen LogP contribution in [0.3, 0.4) is 0 Å². The Morgan fingerprint density at radius 2 is 1.93 bits per heavy atom. The van der Waals surface area contributed by atoms with Crippen LogP contribution in [0.2, 0.25) is 0 Å². The summed E-state index contributed by atoms with van der Waals surface area (Å²) in [4.78, 5) is 4.12. The molecular formula is C9H9Cl2N3. The number of rotatable bonds is 1. The standard InChI is InChI=1S/C9H9Cl2N3/c10-9(11)6-14(12)8(13-9)7-4-2-1-3-5-7/h1-5H,6,12H2.